The van der Waals surface area contributed by atoms with Crippen molar-refractivity contribution in [2.45, 2.75) is 0 Å². The van der Waals surface area contributed by atoms with Crippen LogP contribution < -0.4 is 0 Å². The molecule has 2 heterocycles. The zero-order chi connectivity index (χ0) is 24.1. The Morgan fingerprint density at radius 2 is 1.08 bits per heavy atom. The van der Waals surface area contributed by atoms with Crippen LogP contribution in [0.1, 0.15) is 0 Å². The van der Waals surface area contributed by atoms with E-state index in [9.17, 15) is 0 Å². The van der Waals surface area contributed by atoms with E-state index in [1.165, 1.54) is 11.1 Å². The summed E-state index contributed by atoms with van der Waals surface area (Å²) in [5, 5.41) is 4.49. The first-order valence-electron chi connectivity index (χ1n) is 11.6. The molecule has 4 nitrogen and oxygen atoms in total. The summed E-state index contributed by atoms with van der Waals surface area (Å²) >= 11 is 6.37. The molecular formula is C31H18ClN3O. The standard InChI is InChI=1S/C31H18ClN3O/c32-31-34-29(23-13-12-21-16-20(10-11-22(21)17-23)19-6-2-1-3-7-19)33-30(35-31)24-14-15-28-26(18-24)25-8-4-5-9-27(25)36-28/h1-18H. The quantitative estimate of drug-likeness (QED) is 0.252. The number of aromatic nitrogens is 3. The largest absolute Gasteiger partial charge is 0.456 e. The third-order valence-electron chi connectivity index (χ3n) is 6.45. The number of furan rings is 1. The number of fused-ring (bicyclic) bond motifs is 4. The summed E-state index contributed by atoms with van der Waals surface area (Å²) in [6.07, 6.45) is 0. The fourth-order valence-corrected chi connectivity index (χ4v) is 4.83. The van der Waals surface area contributed by atoms with Crippen LogP contribution in [-0.2, 0) is 0 Å². The predicted molar refractivity (Wildman–Crippen MR) is 146 cm³/mol. The van der Waals surface area contributed by atoms with E-state index >= 15 is 0 Å². The Balaban J connectivity index is 1.30. The first kappa shape index (κ1) is 20.8. The minimum atomic E-state index is 0.159. The number of hydrogen-bond donors (Lipinski definition) is 0. The molecule has 5 heteroatoms. The Hall–Kier alpha value is -4.54. The number of benzene rings is 5. The van der Waals surface area contributed by atoms with E-state index in [1.54, 1.807) is 0 Å². The second-order valence-corrected chi connectivity index (χ2v) is 9.04. The van der Waals surface area contributed by atoms with Gasteiger partial charge in [-0.15, -0.1) is 0 Å². The fourth-order valence-electron chi connectivity index (χ4n) is 4.67. The summed E-state index contributed by atoms with van der Waals surface area (Å²) in [6.45, 7) is 0. The Bertz CT molecular complexity index is 1910. The maximum absolute atomic E-state index is 6.37. The van der Waals surface area contributed by atoms with Crippen molar-refractivity contribution in [3.63, 3.8) is 0 Å². The van der Waals surface area contributed by atoms with Crippen LogP contribution in [0.3, 0.4) is 0 Å². The molecule has 0 saturated carbocycles. The molecule has 0 bridgehead atoms. The van der Waals surface area contributed by atoms with Crippen molar-refractivity contribution in [1.29, 1.82) is 0 Å². The second kappa shape index (κ2) is 8.29. The molecule has 0 aliphatic heterocycles. The highest BCUT2D eigenvalue weighted by Gasteiger charge is 2.13. The van der Waals surface area contributed by atoms with Crippen LogP contribution in [0, 0.1) is 0 Å². The topological polar surface area (TPSA) is 51.8 Å². The second-order valence-electron chi connectivity index (χ2n) is 8.70. The first-order valence-corrected chi connectivity index (χ1v) is 12.0. The summed E-state index contributed by atoms with van der Waals surface area (Å²) in [5.41, 5.74) is 5.79. The normalized spacial score (nSPS) is 11.5. The van der Waals surface area contributed by atoms with Crippen molar-refractivity contribution in [3.8, 4) is 33.9 Å². The van der Waals surface area contributed by atoms with Crippen LogP contribution in [0.25, 0.3) is 66.6 Å². The van der Waals surface area contributed by atoms with Crippen molar-refractivity contribution in [3.05, 3.63) is 114 Å². The highest BCUT2D eigenvalue weighted by Crippen LogP contribution is 2.33. The third-order valence-corrected chi connectivity index (χ3v) is 6.62. The molecule has 7 aromatic rings. The van der Waals surface area contributed by atoms with Crippen LogP contribution in [0.15, 0.2) is 114 Å². The maximum Gasteiger partial charge on any atom is 0.226 e. The number of halogens is 1. The number of rotatable bonds is 3. The van der Waals surface area contributed by atoms with Crippen LogP contribution in [0.2, 0.25) is 5.28 Å². The summed E-state index contributed by atoms with van der Waals surface area (Å²) < 4.78 is 5.96. The van der Waals surface area contributed by atoms with E-state index < -0.39 is 0 Å². The molecular weight excluding hydrogens is 466 g/mol. The Kier molecular flexibility index (Phi) is 4.79. The summed E-state index contributed by atoms with van der Waals surface area (Å²) in [5.74, 6) is 1.06. The molecule has 0 saturated heterocycles. The minimum Gasteiger partial charge on any atom is -0.456 e. The van der Waals surface area contributed by atoms with Crippen LogP contribution >= 0.6 is 11.6 Å². The van der Waals surface area contributed by atoms with Gasteiger partial charge in [0.15, 0.2) is 11.6 Å². The molecule has 0 amide bonds. The van der Waals surface area contributed by atoms with Gasteiger partial charge in [0, 0.05) is 21.9 Å². The van der Waals surface area contributed by atoms with Crippen LogP contribution in [-0.4, -0.2) is 15.0 Å². The highest BCUT2D eigenvalue weighted by molar-refractivity contribution is 6.28. The lowest BCUT2D eigenvalue weighted by Crippen LogP contribution is -1.97. The smallest absolute Gasteiger partial charge is 0.226 e. The van der Waals surface area contributed by atoms with Gasteiger partial charge < -0.3 is 4.42 Å². The molecule has 0 spiro atoms. The van der Waals surface area contributed by atoms with E-state index in [2.05, 4.69) is 70.6 Å². The molecule has 0 atom stereocenters. The average molecular weight is 484 g/mol. The summed E-state index contributed by atoms with van der Waals surface area (Å²) in [6, 6.07) is 37.0. The average Bonchev–Trinajstić information content (AvgIpc) is 3.30. The molecule has 0 aliphatic carbocycles. The van der Waals surface area contributed by atoms with Gasteiger partial charge in [-0.25, -0.2) is 4.98 Å². The number of nitrogens with zero attached hydrogens (tertiary/aromatic N) is 3. The Morgan fingerprint density at radius 1 is 0.472 bits per heavy atom. The first-order chi connectivity index (χ1) is 17.7. The minimum absolute atomic E-state index is 0.159. The van der Waals surface area contributed by atoms with Gasteiger partial charge in [-0.05, 0) is 69.9 Å². The van der Waals surface area contributed by atoms with Crippen molar-refractivity contribution in [2.24, 2.45) is 0 Å². The van der Waals surface area contributed by atoms with Gasteiger partial charge in [0.1, 0.15) is 11.2 Å². The summed E-state index contributed by atoms with van der Waals surface area (Å²) in [4.78, 5) is 13.6. The Labute approximate surface area is 211 Å². The summed E-state index contributed by atoms with van der Waals surface area (Å²) in [7, 11) is 0. The van der Waals surface area contributed by atoms with Crippen molar-refractivity contribution >= 4 is 44.3 Å². The van der Waals surface area contributed by atoms with E-state index in [1.807, 2.05) is 48.5 Å². The lowest BCUT2D eigenvalue weighted by atomic mass is 10.00. The molecule has 0 N–H and O–H groups in total. The van der Waals surface area contributed by atoms with Crippen molar-refractivity contribution < 1.29 is 4.42 Å². The molecule has 0 unspecified atom stereocenters. The van der Waals surface area contributed by atoms with Gasteiger partial charge in [-0.1, -0.05) is 72.8 Å². The third kappa shape index (κ3) is 3.60. The lowest BCUT2D eigenvalue weighted by Gasteiger charge is -2.08. The number of hydrogen-bond acceptors (Lipinski definition) is 4. The zero-order valence-electron chi connectivity index (χ0n) is 19.0. The predicted octanol–water partition coefficient (Wildman–Crippen LogP) is 8.58. The molecule has 7 rings (SSSR count). The molecule has 5 aromatic carbocycles. The van der Waals surface area contributed by atoms with Gasteiger partial charge in [0.25, 0.3) is 0 Å². The van der Waals surface area contributed by atoms with E-state index in [-0.39, 0.29) is 5.28 Å². The zero-order valence-corrected chi connectivity index (χ0v) is 19.8. The number of para-hydroxylation sites is 1. The van der Waals surface area contributed by atoms with Crippen molar-refractivity contribution in [2.75, 3.05) is 0 Å². The lowest BCUT2D eigenvalue weighted by molar-refractivity contribution is 0.669. The van der Waals surface area contributed by atoms with Gasteiger partial charge in [0.05, 0.1) is 0 Å². The Morgan fingerprint density at radius 3 is 1.89 bits per heavy atom. The molecule has 0 aliphatic rings. The molecule has 170 valence electrons. The van der Waals surface area contributed by atoms with Crippen molar-refractivity contribution in [1.82, 2.24) is 15.0 Å². The van der Waals surface area contributed by atoms with E-state index in [4.69, 9.17) is 21.0 Å². The van der Waals surface area contributed by atoms with E-state index in [0.29, 0.717) is 11.6 Å². The van der Waals surface area contributed by atoms with E-state index in [0.717, 1.165) is 43.8 Å². The van der Waals surface area contributed by atoms with Gasteiger partial charge in [-0.3, -0.25) is 0 Å². The van der Waals surface area contributed by atoms with Crippen LogP contribution in [0.4, 0.5) is 0 Å². The SMILES string of the molecule is Clc1nc(-c2ccc3cc(-c4ccccc4)ccc3c2)nc(-c2ccc3oc4ccccc4c3c2)n1. The molecule has 0 radical (unpaired) electrons. The van der Waals surface area contributed by atoms with Gasteiger partial charge in [0.2, 0.25) is 5.28 Å². The van der Waals surface area contributed by atoms with Crippen LogP contribution in [0.5, 0.6) is 0 Å². The monoisotopic (exact) mass is 483 g/mol. The molecule has 0 fully saturated rings. The maximum atomic E-state index is 6.37. The highest BCUT2D eigenvalue weighted by atomic mass is 35.5. The molecule has 2 aromatic heterocycles. The fraction of sp³-hybridized carbons (Fsp3) is 0. The van der Waals surface area contributed by atoms with Gasteiger partial charge >= 0.3 is 0 Å². The molecule has 36 heavy (non-hydrogen) atoms. The van der Waals surface area contributed by atoms with Gasteiger partial charge in [-0.2, -0.15) is 9.97 Å².